The molecule has 2 heteroatoms. The van der Waals surface area contributed by atoms with Crippen LogP contribution in [-0.4, -0.2) is 23.5 Å². The van der Waals surface area contributed by atoms with Crippen molar-refractivity contribution < 1.29 is 0 Å². The molecule has 1 aromatic rings. The first-order valence-corrected chi connectivity index (χ1v) is 7.19. The zero-order valence-corrected chi connectivity index (χ0v) is 11.7. The standard InChI is InChI=1S/C16H26N2/c1-3-14(2)16(17)10-7-11-18(13-16)12-15-8-5-4-6-9-15/h4-6,8-9,14H,3,7,10-13,17H2,1-2H3. The van der Waals surface area contributed by atoms with Crippen LogP contribution in [0.2, 0.25) is 0 Å². The molecule has 1 aliphatic rings. The minimum atomic E-state index is 0.0157. The smallest absolute Gasteiger partial charge is 0.0309 e. The number of hydrogen-bond acceptors (Lipinski definition) is 2. The van der Waals surface area contributed by atoms with Crippen LogP contribution in [0.1, 0.15) is 38.7 Å². The van der Waals surface area contributed by atoms with Crippen LogP contribution in [0.5, 0.6) is 0 Å². The number of piperidine rings is 1. The van der Waals surface area contributed by atoms with Gasteiger partial charge in [0.25, 0.3) is 0 Å². The molecule has 1 fully saturated rings. The van der Waals surface area contributed by atoms with E-state index in [1.54, 1.807) is 0 Å². The largest absolute Gasteiger partial charge is 0.324 e. The molecule has 100 valence electrons. The van der Waals surface area contributed by atoms with Crippen LogP contribution in [0, 0.1) is 5.92 Å². The van der Waals surface area contributed by atoms with Crippen LogP contribution < -0.4 is 5.73 Å². The third-order valence-electron chi connectivity index (χ3n) is 4.48. The highest BCUT2D eigenvalue weighted by atomic mass is 15.2. The summed E-state index contributed by atoms with van der Waals surface area (Å²) in [6.07, 6.45) is 3.58. The Bertz CT molecular complexity index is 363. The van der Waals surface area contributed by atoms with Gasteiger partial charge in [-0.3, -0.25) is 4.90 Å². The SMILES string of the molecule is CCC(C)C1(N)CCCN(Cc2ccccc2)C1. The van der Waals surface area contributed by atoms with Gasteiger partial charge in [0, 0.05) is 18.6 Å². The second-order valence-corrected chi connectivity index (χ2v) is 5.84. The van der Waals surface area contributed by atoms with Gasteiger partial charge in [0.2, 0.25) is 0 Å². The van der Waals surface area contributed by atoms with Crippen molar-refractivity contribution in [2.24, 2.45) is 11.7 Å². The lowest BCUT2D eigenvalue weighted by molar-refractivity contribution is 0.103. The van der Waals surface area contributed by atoms with E-state index in [4.69, 9.17) is 5.73 Å². The van der Waals surface area contributed by atoms with Crippen molar-refractivity contribution in [2.45, 2.75) is 45.2 Å². The van der Waals surface area contributed by atoms with Crippen molar-refractivity contribution in [1.29, 1.82) is 0 Å². The maximum Gasteiger partial charge on any atom is 0.0309 e. The molecule has 0 amide bonds. The lowest BCUT2D eigenvalue weighted by Gasteiger charge is -2.44. The number of likely N-dealkylation sites (tertiary alicyclic amines) is 1. The first-order valence-electron chi connectivity index (χ1n) is 7.19. The van der Waals surface area contributed by atoms with Gasteiger partial charge < -0.3 is 5.73 Å². The average Bonchev–Trinajstić information content (AvgIpc) is 2.39. The fourth-order valence-electron chi connectivity index (χ4n) is 2.99. The summed E-state index contributed by atoms with van der Waals surface area (Å²) in [5.41, 5.74) is 8.03. The molecule has 0 aromatic heterocycles. The van der Waals surface area contributed by atoms with Crippen LogP contribution in [-0.2, 0) is 6.54 Å². The molecule has 0 spiro atoms. The van der Waals surface area contributed by atoms with Crippen LogP contribution in [0.4, 0.5) is 0 Å². The van der Waals surface area contributed by atoms with Gasteiger partial charge in [0.1, 0.15) is 0 Å². The van der Waals surface area contributed by atoms with Crippen molar-refractivity contribution in [3.8, 4) is 0 Å². The van der Waals surface area contributed by atoms with E-state index in [0.717, 1.165) is 13.1 Å². The molecule has 0 bridgehead atoms. The van der Waals surface area contributed by atoms with Gasteiger partial charge >= 0.3 is 0 Å². The summed E-state index contributed by atoms with van der Waals surface area (Å²) in [5.74, 6) is 0.607. The van der Waals surface area contributed by atoms with E-state index in [0.29, 0.717) is 5.92 Å². The van der Waals surface area contributed by atoms with Crippen molar-refractivity contribution >= 4 is 0 Å². The molecule has 1 saturated heterocycles. The molecule has 0 aliphatic carbocycles. The van der Waals surface area contributed by atoms with Gasteiger partial charge in [-0.1, -0.05) is 50.6 Å². The van der Waals surface area contributed by atoms with E-state index < -0.39 is 0 Å². The number of rotatable bonds is 4. The first-order chi connectivity index (χ1) is 8.64. The topological polar surface area (TPSA) is 29.3 Å². The number of nitrogens with two attached hydrogens (primary N) is 1. The Morgan fingerprint density at radius 2 is 2.06 bits per heavy atom. The molecule has 0 radical (unpaired) electrons. The fraction of sp³-hybridized carbons (Fsp3) is 0.625. The molecule has 1 aliphatic heterocycles. The molecule has 2 N–H and O–H groups in total. The Labute approximate surface area is 111 Å². The summed E-state index contributed by atoms with van der Waals surface area (Å²) in [5, 5.41) is 0. The fourth-order valence-corrected chi connectivity index (χ4v) is 2.99. The summed E-state index contributed by atoms with van der Waals surface area (Å²) < 4.78 is 0. The molecular weight excluding hydrogens is 220 g/mol. The summed E-state index contributed by atoms with van der Waals surface area (Å²) in [6.45, 7) is 7.80. The Kier molecular flexibility index (Phi) is 4.41. The van der Waals surface area contributed by atoms with Crippen molar-refractivity contribution in [1.82, 2.24) is 4.90 Å². The molecule has 2 atom stereocenters. The number of hydrogen-bond donors (Lipinski definition) is 1. The van der Waals surface area contributed by atoms with E-state index in [2.05, 4.69) is 49.1 Å². The molecule has 2 rings (SSSR count). The van der Waals surface area contributed by atoms with E-state index >= 15 is 0 Å². The van der Waals surface area contributed by atoms with Gasteiger partial charge in [-0.2, -0.15) is 0 Å². The molecule has 0 saturated carbocycles. The quantitative estimate of drug-likeness (QED) is 0.885. The molecular formula is C16H26N2. The number of nitrogens with zero attached hydrogens (tertiary/aromatic N) is 1. The van der Waals surface area contributed by atoms with Gasteiger partial charge in [0.05, 0.1) is 0 Å². The molecule has 1 aromatic carbocycles. The third kappa shape index (κ3) is 3.12. The van der Waals surface area contributed by atoms with Gasteiger partial charge in [0.15, 0.2) is 0 Å². The third-order valence-corrected chi connectivity index (χ3v) is 4.48. The van der Waals surface area contributed by atoms with Gasteiger partial charge in [-0.25, -0.2) is 0 Å². The summed E-state index contributed by atoms with van der Waals surface area (Å²) >= 11 is 0. The predicted molar refractivity (Wildman–Crippen MR) is 77.3 cm³/mol. The Hall–Kier alpha value is -0.860. The second kappa shape index (κ2) is 5.85. The summed E-state index contributed by atoms with van der Waals surface area (Å²) in [6, 6.07) is 10.7. The van der Waals surface area contributed by atoms with Gasteiger partial charge in [-0.15, -0.1) is 0 Å². The van der Waals surface area contributed by atoms with E-state index in [9.17, 15) is 0 Å². The second-order valence-electron chi connectivity index (χ2n) is 5.84. The normalized spacial score (nSPS) is 27.1. The predicted octanol–water partition coefficient (Wildman–Crippen LogP) is 3.03. The van der Waals surface area contributed by atoms with Crippen LogP contribution in [0.15, 0.2) is 30.3 Å². The monoisotopic (exact) mass is 246 g/mol. The Morgan fingerprint density at radius 1 is 1.33 bits per heavy atom. The van der Waals surface area contributed by atoms with Crippen LogP contribution >= 0.6 is 0 Å². The average molecular weight is 246 g/mol. The lowest BCUT2D eigenvalue weighted by atomic mass is 9.78. The van der Waals surface area contributed by atoms with E-state index in [1.165, 1.54) is 31.4 Å². The minimum Gasteiger partial charge on any atom is -0.324 e. The lowest BCUT2D eigenvalue weighted by Crippen LogP contribution is -2.57. The maximum absolute atomic E-state index is 6.62. The summed E-state index contributed by atoms with van der Waals surface area (Å²) in [7, 11) is 0. The molecule has 1 heterocycles. The van der Waals surface area contributed by atoms with Crippen molar-refractivity contribution in [2.75, 3.05) is 13.1 Å². The Morgan fingerprint density at radius 3 is 2.72 bits per heavy atom. The minimum absolute atomic E-state index is 0.0157. The van der Waals surface area contributed by atoms with Gasteiger partial charge in [-0.05, 0) is 30.9 Å². The highest BCUT2D eigenvalue weighted by Gasteiger charge is 2.35. The summed E-state index contributed by atoms with van der Waals surface area (Å²) in [4.78, 5) is 2.52. The van der Waals surface area contributed by atoms with E-state index in [1.807, 2.05) is 0 Å². The first kappa shape index (κ1) is 13.6. The van der Waals surface area contributed by atoms with Crippen LogP contribution in [0.3, 0.4) is 0 Å². The van der Waals surface area contributed by atoms with E-state index in [-0.39, 0.29) is 5.54 Å². The highest BCUT2D eigenvalue weighted by molar-refractivity contribution is 5.14. The van der Waals surface area contributed by atoms with Crippen molar-refractivity contribution in [3.05, 3.63) is 35.9 Å². The zero-order valence-electron chi connectivity index (χ0n) is 11.7. The van der Waals surface area contributed by atoms with Crippen molar-refractivity contribution in [3.63, 3.8) is 0 Å². The van der Waals surface area contributed by atoms with Crippen LogP contribution in [0.25, 0.3) is 0 Å². The number of benzene rings is 1. The maximum atomic E-state index is 6.62. The Balaban J connectivity index is 1.99. The molecule has 18 heavy (non-hydrogen) atoms. The molecule has 2 unspecified atom stereocenters. The molecule has 2 nitrogen and oxygen atoms in total. The highest BCUT2D eigenvalue weighted by Crippen LogP contribution is 2.28. The zero-order chi connectivity index (χ0) is 13.0.